The molecule has 1 amide bonds. The molecule has 0 saturated heterocycles. The zero-order valence-electron chi connectivity index (χ0n) is 12.2. The molecule has 0 spiro atoms. The second-order valence-electron chi connectivity index (χ2n) is 4.85. The van der Waals surface area contributed by atoms with Gasteiger partial charge in [0.1, 0.15) is 5.75 Å². The summed E-state index contributed by atoms with van der Waals surface area (Å²) in [6.45, 7) is 2.21. The van der Waals surface area contributed by atoms with Crippen LogP contribution in [0.1, 0.15) is 12.5 Å². The van der Waals surface area contributed by atoms with Crippen LogP contribution < -0.4 is 10.1 Å². The molecule has 0 fully saturated rings. The van der Waals surface area contributed by atoms with E-state index >= 15 is 0 Å². The first-order chi connectivity index (χ1) is 10.6. The van der Waals surface area contributed by atoms with Gasteiger partial charge in [-0.25, -0.2) is 0 Å². The predicted octanol–water partition coefficient (Wildman–Crippen LogP) is 4.12. The Kier molecular flexibility index (Phi) is 6.10. The molecule has 0 aliphatic carbocycles. The number of carbonyl (C=O) groups is 1. The summed E-state index contributed by atoms with van der Waals surface area (Å²) in [5, 5.41) is 4.04. The zero-order chi connectivity index (χ0) is 15.9. The molecule has 2 aromatic rings. The van der Waals surface area contributed by atoms with Gasteiger partial charge in [-0.2, -0.15) is 0 Å². The van der Waals surface area contributed by atoms with Crippen LogP contribution in [0.5, 0.6) is 5.75 Å². The third-order valence-electron chi connectivity index (χ3n) is 3.13. The van der Waals surface area contributed by atoms with Crippen molar-refractivity contribution in [3.63, 3.8) is 0 Å². The molecule has 1 atom stereocenters. The van der Waals surface area contributed by atoms with E-state index in [1.165, 1.54) is 0 Å². The minimum atomic E-state index is -0.553. The Morgan fingerprint density at radius 3 is 2.59 bits per heavy atom. The van der Waals surface area contributed by atoms with Gasteiger partial charge in [-0.05, 0) is 43.2 Å². The summed E-state index contributed by atoms with van der Waals surface area (Å²) in [6, 6.07) is 14.6. The van der Waals surface area contributed by atoms with Crippen LogP contribution in [0, 0.1) is 0 Å². The highest BCUT2D eigenvalue weighted by Gasteiger charge is 2.14. The molecule has 3 nitrogen and oxygen atoms in total. The Morgan fingerprint density at radius 1 is 1.18 bits per heavy atom. The molecule has 0 heterocycles. The van der Waals surface area contributed by atoms with Crippen LogP contribution in [0.15, 0.2) is 48.5 Å². The summed E-state index contributed by atoms with van der Waals surface area (Å²) < 4.78 is 5.56. The number of benzene rings is 2. The van der Waals surface area contributed by atoms with E-state index in [0.717, 1.165) is 5.56 Å². The molecule has 22 heavy (non-hydrogen) atoms. The van der Waals surface area contributed by atoms with E-state index in [1.807, 2.05) is 36.4 Å². The molecule has 2 aromatic carbocycles. The van der Waals surface area contributed by atoms with E-state index in [4.69, 9.17) is 27.9 Å². The third-order valence-corrected chi connectivity index (χ3v) is 3.72. The summed E-state index contributed by atoms with van der Waals surface area (Å²) in [7, 11) is 0. The molecule has 0 bridgehead atoms. The Balaban J connectivity index is 1.80. The summed E-state index contributed by atoms with van der Waals surface area (Å²) in [5.41, 5.74) is 0.947. The smallest absolute Gasteiger partial charge is 0.260 e. The topological polar surface area (TPSA) is 38.3 Å². The van der Waals surface area contributed by atoms with Crippen molar-refractivity contribution in [2.75, 3.05) is 6.54 Å². The lowest BCUT2D eigenvalue weighted by Gasteiger charge is -2.14. The van der Waals surface area contributed by atoms with Crippen molar-refractivity contribution in [2.45, 2.75) is 19.4 Å². The number of halogens is 2. The average molecular weight is 338 g/mol. The number of ether oxygens (including phenoxy) is 1. The van der Waals surface area contributed by atoms with Crippen molar-refractivity contribution in [1.82, 2.24) is 5.32 Å². The van der Waals surface area contributed by atoms with E-state index in [1.54, 1.807) is 19.1 Å². The maximum Gasteiger partial charge on any atom is 0.260 e. The highest BCUT2D eigenvalue weighted by molar-refractivity contribution is 6.35. The van der Waals surface area contributed by atoms with E-state index in [9.17, 15) is 4.79 Å². The van der Waals surface area contributed by atoms with Crippen LogP contribution in [-0.4, -0.2) is 18.6 Å². The molecule has 0 saturated carbocycles. The van der Waals surface area contributed by atoms with Crippen molar-refractivity contribution in [2.24, 2.45) is 0 Å². The third kappa shape index (κ3) is 4.93. The highest BCUT2D eigenvalue weighted by Crippen LogP contribution is 2.21. The van der Waals surface area contributed by atoms with Crippen LogP contribution in [0.4, 0.5) is 0 Å². The molecular weight excluding hydrogens is 321 g/mol. The molecule has 1 unspecified atom stereocenters. The molecule has 1 N–H and O–H groups in total. The number of para-hydroxylation sites is 1. The Bertz CT molecular complexity index is 632. The summed E-state index contributed by atoms with van der Waals surface area (Å²) in [6.07, 6.45) is 0.0860. The Hall–Kier alpha value is -1.71. The minimum Gasteiger partial charge on any atom is -0.481 e. The van der Waals surface area contributed by atoms with Gasteiger partial charge in [-0.1, -0.05) is 47.5 Å². The lowest BCUT2D eigenvalue weighted by molar-refractivity contribution is -0.127. The van der Waals surface area contributed by atoms with Gasteiger partial charge in [0.15, 0.2) is 6.10 Å². The fourth-order valence-electron chi connectivity index (χ4n) is 1.95. The fraction of sp³-hybridized carbons (Fsp3) is 0.235. The van der Waals surface area contributed by atoms with E-state index in [2.05, 4.69) is 5.32 Å². The van der Waals surface area contributed by atoms with Gasteiger partial charge in [0.25, 0.3) is 5.91 Å². The lowest BCUT2D eigenvalue weighted by Crippen LogP contribution is -2.37. The van der Waals surface area contributed by atoms with E-state index in [0.29, 0.717) is 28.8 Å². The van der Waals surface area contributed by atoms with Crippen molar-refractivity contribution in [1.29, 1.82) is 0 Å². The number of hydrogen-bond donors (Lipinski definition) is 1. The SMILES string of the molecule is CC(Oc1ccccc1)C(=O)NCCc1ccc(Cl)cc1Cl. The largest absolute Gasteiger partial charge is 0.481 e. The van der Waals surface area contributed by atoms with E-state index in [-0.39, 0.29) is 5.91 Å². The first-order valence-electron chi connectivity index (χ1n) is 6.99. The summed E-state index contributed by atoms with van der Waals surface area (Å²) in [5.74, 6) is 0.514. The number of amides is 1. The fourth-order valence-corrected chi connectivity index (χ4v) is 2.45. The van der Waals surface area contributed by atoms with Gasteiger partial charge in [-0.3, -0.25) is 4.79 Å². The molecule has 0 aliphatic rings. The minimum absolute atomic E-state index is 0.158. The molecular formula is C17H17Cl2NO2. The predicted molar refractivity (Wildman–Crippen MR) is 89.7 cm³/mol. The van der Waals surface area contributed by atoms with Crippen molar-refractivity contribution < 1.29 is 9.53 Å². The number of nitrogens with one attached hydrogen (secondary N) is 1. The number of rotatable bonds is 6. The van der Waals surface area contributed by atoms with Crippen LogP contribution in [0.25, 0.3) is 0 Å². The average Bonchev–Trinajstić information content (AvgIpc) is 2.50. The molecule has 5 heteroatoms. The molecule has 0 aromatic heterocycles. The molecule has 0 radical (unpaired) electrons. The normalized spacial score (nSPS) is 11.8. The van der Waals surface area contributed by atoms with Gasteiger partial charge in [0, 0.05) is 16.6 Å². The van der Waals surface area contributed by atoms with Crippen LogP contribution in [-0.2, 0) is 11.2 Å². The first-order valence-corrected chi connectivity index (χ1v) is 7.75. The van der Waals surface area contributed by atoms with Crippen LogP contribution in [0.2, 0.25) is 10.0 Å². The van der Waals surface area contributed by atoms with Gasteiger partial charge in [0.2, 0.25) is 0 Å². The Morgan fingerprint density at radius 2 is 1.91 bits per heavy atom. The van der Waals surface area contributed by atoms with Gasteiger partial charge < -0.3 is 10.1 Å². The van der Waals surface area contributed by atoms with E-state index < -0.39 is 6.10 Å². The van der Waals surface area contributed by atoms with Crippen LogP contribution in [0.3, 0.4) is 0 Å². The summed E-state index contributed by atoms with van der Waals surface area (Å²) in [4.78, 5) is 12.0. The Labute approximate surface area is 140 Å². The molecule has 0 aliphatic heterocycles. The van der Waals surface area contributed by atoms with Crippen molar-refractivity contribution >= 4 is 29.1 Å². The maximum atomic E-state index is 12.0. The number of carbonyl (C=O) groups excluding carboxylic acids is 1. The van der Waals surface area contributed by atoms with Crippen molar-refractivity contribution in [3.8, 4) is 5.75 Å². The second kappa shape index (κ2) is 8.06. The van der Waals surface area contributed by atoms with Gasteiger partial charge in [0.05, 0.1) is 0 Å². The lowest BCUT2D eigenvalue weighted by atomic mass is 10.1. The monoisotopic (exact) mass is 337 g/mol. The first kappa shape index (κ1) is 16.7. The van der Waals surface area contributed by atoms with Crippen molar-refractivity contribution in [3.05, 3.63) is 64.1 Å². The maximum absolute atomic E-state index is 12.0. The standard InChI is InChI=1S/C17H17Cl2NO2/c1-12(22-15-5-3-2-4-6-15)17(21)20-10-9-13-7-8-14(18)11-16(13)19/h2-8,11-12H,9-10H2,1H3,(H,20,21). The summed E-state index contributed by atoms with van der Waals surface area (Å²) >= 11 is 11.9. The zero-order valence-corrected chi connectivity index (χ0v) is 13.7. The highest BCUT2D eigenvalue weighted by atomic mass is 35.5. The molecule has 2 rings (SSSR count). The van der Waals surface area contributed by atoms with Gasteiger partial charge in [-0.15, -0.1) is 0 Å². The van der Waals surface area contributed by atoms with Crippen LogP contribution >= 0.6 is 23.2 Å². The van der Waals surface area contributed by atoms with Gasteiger partial charge >= 0.3 is 0 Å². The quantitative estimate of drug-likeness (QED) is 0.860. The molecule has 116 valence electrons. The number of hydrogen-bond acceptors (Lipinski definition) is 2. The second-order valence-corrected chi connectivity index (χ2v) is 5.69.